The van der Waals surface area contributed by atoms with E-state index in [-0.39, 0.29) is 11.6 Å². The molecule has 0 saturated heterocycles. The van der Waals surface area contributed by atoms with E-state index in [4.69, 9.17) is 4.74 Å². The van der Waals surface area contributed by atoms with Crippen molar-refractivity contribution in [1.82, 2.24) is 14.9 Å². The largest absolute Gasteiger partial charge is 0.478 e. The molecule has 2 rings (SSSR count). The van der Waals surface area contributed by atoms with Crippen molar-refractivity contribution in [3.8, 4) is 17.3 Å². The van der Waals surface area contributed by atoms with E-state index in [0.717, 1.165) is 12.1 Å². The normalized spacial score (nSPS) is 10.6. The van der Waals surface area contributed by atoms with Crippen molar-refractivity contribution < 1.29 is 14.6 Å². The van der Waals surface area contributed by atoms with Gasteiger partial charge in [0.25, 0.3) is 0 Å². The second kappa shape index (κ2) is 6.81. The quantitative estimate of drug-likeness (QED) is 0.873. The van der Waals surface area contributed by atoms with Gasteiger partial charge >= 0.3 is 12.0 Å². The predicted octanol–water partition coefficient (Wildman–Crippen LogP) is 1.78. The number of benzene rings is 1. The molecule has 6 nitrogen and oxygen atoms in total. The summed E-state index contributed by atoms with van der Waals surface area (Å²) in [5, 5.41) is 9.24. The van der Waals surface area contributed by atoms with E-state index in [1.165, 1.54) is 6.20 Å². The Labute approximate surface area is 123 Å². The molecule has 0 atom stereocenters. The lowest BCUT2D eigenvalue weighted by atomic mass is 10.1. The van der Waals surface area contributed by atoms with E-state index in [0.29, 0.717) is 12.3 Å². The summed E-state index contributed by atoms with van der Waals surface area (Å²) in [6.45, 7) is 1.17. The molecule has 0 saturated carbocycles. The van der Waals surface area contributed by atoms with Gasteiger partial charge in [-0.3, -0.25) is 0 Å². The SMILES string of the molecule is CN(C)CCOc1ncc(C(=O)O)c(-c2ccccc2)n1. The van der Waals surface area contributed by atoms with Gasteiger partial charge in [-0.25, -0.2) is 9.78 Å². The number of rotatable bonds is 6. The molecule has 0 aliphatic rings. The van der Waals surface area contributed by atoms with Crippen molar-refractivity contribution in [3.05, 3.63) is 42.1 Å². The van der Waals surface area contributed by atoms with Gasteiger partial charge in [0.15, 0.2) is 0 Å². The Morgan fingerprint density at radius 3 is 2.62 bits per heavy atom. The summed E-state index contributed by atoms with van der Waals surface area (Å²) in [5.74, 6) is -1.06. The highest BCUT2D eigenvalue weighted by Gasteiger charge is 2.15. The molecule has 1 aromatic carbocycles. The number of likely N-dealkylation sites (N-methyl/N-ethyl adjacent to an activating group) is 1. The summed E-state index contributed by atoms with van der Waals surface area (Å²) in [7, 11) is 3.88. The number of carbonyl (C=O) groups is 1. The Morgan fingerprint density at radius 2 is 2.00 bits per heavy atom. The molecule has 0 aliphatic heterocycles. The molecule has 0 spiro atoms. The lowest BCUT2D eigenvalue weighted by molar-refractivity contribution is 0.0696. The monoisotopic (exact) mass is 287 g/mol. The third kappa shape index (κ3) is 4.00. The van der Waals surface area contributed by atoms with Crippen molar-refractivity contribution >= 4 is 5.97 Å². The van der Waals surface area contributed by atoms with Crippen LogP contribution in [0.1, 0.15) is 10.4 Å². The zero-order valence-electron chi connectivity index (χ0n) is 12.0. The van der Waals surface area contributed by atoms with Crippen LogP contribution in [0.5, 0.6) is 6.01 Å². The molecule has 2 aromatic rings. The van der Waals surface area contributed by atoms with Crippen LogP contribution in [0, 0.1) is 0 Å². The highest BCUT2D eigenvalue weighted by Crippen LogP contribution is 2.22. The zero-order valence-corrected chi connectivity index (χ0v) is 12.0. The lowest BCUT2D eigenvalue weighted by Gasteiger charge is -2.11. The molecule has 0 unspecified atom stereocenters. The van der Waals surface area contributed by atoms with Crippen LogP contribution in [0.25, 0.3) is 11.3 Å². The summed E-state index contributed by atoms with van der Waals surface area (Å²) in [5.41, 5.74) is 1.13. The van der Waals surface area contributed by atoms with Gasteiger partial charge in [-0.2, -0.15) is 4.98 Å². The molecule has 0 fully saturated rings. The maximum absolute atomic E-state index is 11.3. The third-order valence-corrected chi connectivity index (χ3v) is 2.81. The standard InChI is InChI=1S/C15H17N3O3/c1-18(2)8-9-21-15-16-10-12(14(19)20)13(17-15)11-6-4-3-5-7-11/h3-7,10H,8-9H2,1-2H3,(H,19,20). The molecule has 21 heavy (non-hydrogen) atoms. The van der Waals surface area contributed by atoms with Crippen LogP contribution in [0.2, 0.25) is 0 Å². The van der Waals surface area contributed by atoms with Crippen LogP contribution >= 0.6 is 0 Å². The summed E-state index contributed by atoms with van der Waals surface area (Å²) >= 11 is 0. The van der Waals surface area contributed by atoms with Gasteiger partial charge in [0.1, 0.15) is 12.2 Å². The Kier molecular flexibility index (Phi) is 4.84. The van der Waals surface area contributed by atoms with Gasteiger partial charge in [0.05, 0.1) is 5.69 Å². The van der Waals surface area contributed by atoms with Gasteiger partial charge in [0.2, 0.25) is 0 Å². The van der Waals surface area contributed by atoms with Gasteiger partial charge in [0, 0.05) is 18.3 Å². The number of ether oxygens (including phenoxy) is 1. The Balaban J connectivity index is 2.29. The molecule has 0 radical (unpaired) electrons. The number of carboxylic acid groups (broad SMARTS) is 1. The summed E-state index contributed by atoms with van der Waals surface area (Å²) in [6.07, 6.45) is 1.28. The van der Waals surface area contributed by atoms with Crippen molar-refractivity contribution in [2.45, 2.75) is 0 Å². The van der Waals surface area contributed by atoms with Crippen LogP contribution < -0.4 is 4.74 Å². The first kappa shape index (κ1) is 14.9. The molecule has 110 valence electrons. The van der Waals surface area contributed by atoms with Crippen molar-refractivity contribution in [2.75, 3.05) is 27.2 Å². The van der Waals surface area contributed by atoms with E-state index >= 15 is 0 Å². The Morgan fingerprint density at radius 1 is 1.29 bits per heavy atom. The minimum absolute atomic E-state index is 0.0566. The molecule has 1 aromatic heterocycles. The van der Waals surface area contributed by atoms with Crippen LogP contribution in [0.15, 0.2) is 36.5 Å². The summed E-state index contributed by atoms with van der Waals surface area (Å²) < 4.78 is 5.46. The Hall–Kier alpha value is -2.47. The second-order valence-electron chi connectivity index (χ2n) is 4.74. The van der Waals surface area contributed by atoms with Crippen LogP contribution in [-0.2, 0) is 0 Å². The van der Waals surface area contributed by atoms with Gasteiger partial charge < -0.3 is 14.7 Å². The fourth-order valence-corrected chi connectivity index (χ4v) is 1.73. The van der Waals surface area contributed by atoms with Gasteiger partial charge in [-0.15, -0.1) is 0 Å². The molecule has 0 amide bonds. The van der Waals surface area contributed by atoms with E-state index in [1.807, 2.05) is 37.2 Å². The number of aromatic nitrogens is 2. The van der Waals surface area contributed by atoms with Crippen molar-refractivity contribution in [2.24, 2.45) is 0 Å². The average molecular weight is 287 g/mol. The summed E-state index contributed by atoms with van der Waals surface area (Å²) in [6, 6.07) is 9.31. The Bertz CT molecular complexity index is 615. The highest BCUT2D eigenvalue weighted by molar-refractivity contribution is 5.94. The lowest BCUT2D eigenvalue weighted by Crippen LogP contribution is -2.20. The van der Waals surface area contributed by atoms with Crippen molar-refractivity contribution in [1.29, 1.82) is 0 Å². The minimum atomic E-state index is -1.06. The highest BCUT2D eigenvalue weighted by atomic mass is 16.5. The molecular formula is C15H17N3O3. The number of aromatic carboxylic acids is 1. The van der Waals surface area contributed by atoms with Gasteiger partial charge in [-0.1, -0.05) is 30.3 Å². The van der Waals surface area contributed by atoms with E-state index in [2.05, 4.69) is 9.97 Å². The number of hydrogen-bond acceptors (Lipinski definition) is 5. The van der Waals surface area contributed by atoms with Crippen LogP contribution in [-0.4, -0.2) is 53.2 Å². The number of hydrogen-bond donors (Lipinski definition) is 1. The van der Waals surface area contributed by atoms with Crippen molar-refractivity contribution in [3.63, 3.8) is 0 Å². The fourth-order valence-electron chi connectivity index (χ4n) is 1.73. The minimum Gasteiger partial charge on any atom is -0.478 e. The van der Waals surface area contributed by atoms with Crippen LogP contribution in [0.3, 0.4) is 0 Å². The molecule has 0 bridgehead atoms. The fraction of sp³-hybridized carbons (Fsp3) is 0.267. The van der Waals surface area contributed by atoms with Gasteiger partial charge in [-0.05, 0) is 14.1 Å². The summed E-state index contributed by atoms with van der Waals surface area (Å²) in [4.78, 5) is 21.4. The molecule has 6 heteroatoms. The molecule has 0 aliphatic carbocycles. The molecular weight excluding hydrogens is 270 g/mol. The smallest absolute Gasteiger partial charge is 0.339 e. The number of carboxylic acids is 1. The first-order chi connectivity index (χ1) is 10.1. The molecule has 1 N–H and O–H groups in total. The second-order valence-corrected chi connectivity index (χ2v) is 4.74. The third-order valence-electron chi connectivity index (χ3n) is 2.81. The maximum Gasteiger partial charge on any atom is 0.339 e. The van der Waals surface area contributed by atoms with E-state index in [9.17, 15) is 9.90 Å². The number of nitrogens with zero attached hydrogens (tertiary/aromatic N) is 3. The first-order valence-corrected chi connectivity index (χ1v) is 6.51. The predicted molar refractivity (Wildman–Crippen MR) is 78.5 cm³/mol. The zero-order chi connectivity index (χ0) is 15.2. The first-order valence-electron chi connectivity index (χ1n) is 6.51. The topological polar surface area (TPSA) is 75.5 Å². The van der Waals surface area contributed by atoms with E-state index in [1.54, 1.807) is 12.1 Å². The van der Waals surface area contributed by atoms with Crippen LogP contribution in [0.4, 0.5) is 0 Å². The molecule has 1 heterocycles. The maximum atomic E-state index is 11.3. The average Bonchev–Trinajstić information content (AvgIpc) is 2.47. The van der Waals surface area contributed by atoms with E-state index < -0.39 is 5.97 Å².